The molecule has 0 amide bonds. The van der Waals surface area contributed by atoms with E-state index < -0.39 is 0 Å². The summed E-state index contributed by atoms with van der Waals surface area (Å²) in [6, 6.07) is 8.29. The molecule has 0 radical (unpaired) electrons. The van der Waals surface area contributed by atoms with E-state index in [0.717, 1.165) is 18.6 Å². The fraction of sp³-hybridized carbons (Fsp3) is 0.647. The molecule has 0 heterocycles. The zero-order valence-corrected chi connectivity index (χ0v) is 12.5. The van der Waals surface area contributed by atoms with Crippen LogP contribution in [0.25, 0.3) is 0 Å². The predicted molar refractivity (Wildman–Crippen MR) is 80.1 cm³/mol. The first-order chi connectivity index (χ1) is 9.74. The van der Waals surface area contributed by atoms with Gasteiger partial charge >= 0.3 is 0 Å². The van der Waals surface area contributed by atoms with Crippen molar-refractivity contribution in [2.45, 2.75) is 64.3 Å². The third kappa shape index (κ3) is 3.97. The number of hydrogen-bond acceptors (Lipinski definition) is 3. The van der Waals surface area contributed by atoms with E-state index >= 15 is 0 Å². The zero-order chi connectivity index (χ0) is 14.4. The first kappa shape index (κ1) is 15.3. The van der Waals surface area contributed by atoms with Crippen LogP contribution in [0.1, 0.15) is 45.1 Å². The van der Waals surface area contributed by atoms with Crippen molar-refractivity contribution in [3.05, 3.63) is 29.8 Å². The number of rotatable bonds is 8. The Kier molecular flexibility index (Phi) is 5.86. The smallest absolute Gasteiger partial charge is 0.130 e. The highest BCUT2D eigenvalue weighted by atomic mass is 16.6. The van der Waals surface area contributed by atoms with Crippen molar-refractivity contribution in [2.75, 3.05) is 6.61 Å². The highest BCUT2D eigenvalue weighted by Gasteiger charge is 2.42. The molecule has 0 spiro atoms. The van der Waals surface area contributed by atoms with Crippen LogP contribution in [0.5, 0.6) is 5.75 Å². The second-order valence-corrected chi connectivity index (χ2v) is 5.54. The first-order valence-electron chi connectivity index (χ1n) is 7.79. The maximum Gasteiger partial charge on any atom is 0.130 e. The highest BCUT2D eigenvalue weighted by molar-refractivity contribution is 5.28. The van der Waals surface area contributed by atoms with E-state index in [1.54, 1.807) is 0 Å². The van der Waals surface area contributed by atoms with E-state index in [2.05, 4.69) is 26.0 Å². The summed E-state index contributed by atoms with van der Waals surface area (Å²) in [5.74, 6) is 0.868. The van der Waals surface area contributed by atoms with Crippen LogP contribution in [0.15, 0.2) is 24.3 Å². The van der Waals surface area contributed by atoms with Gasteiger partial charge in [0.15, 0.2) is 0 Å². The van der Waals surface area contributed by atoms with Crippen molar-refractivity contribution in [1.82, 2.24) is 0 Å². The van der Waals surface area contributed by atoms with Gasteiger partial charge in [0.05, 0.1) is 6.10 Å². The lowest BCUT2D eigenvalue weighted by Crippen LogP contribution is -2.55. The Labute approximate surface area is 121 Å². The summed E-state index contributed by atoms with van der Waals surface area (Å²) in [6.45, 7) is 4.95. The summed E-state index contributed by atoms with van der Waals surface area (Å²) in [7, 11) is 0. The number of benzene rings is 1. The summed E-state index contributed by atoms with van der Waals surface area (Å²) >= 11 is 0. The first-order valence-corrected chi connectivity index (χ1v) is 7.79. The molecule has 0 bridgehead atoms. The molecule has 3 atom stereocenters. The Morgan fingerprint density at radius 1 is 1.15 bits per heavy atom. The van der Waals surface area contributed by atoms with Crippen LogP contribution >= 0.6 is 0 Å². The standard InChI is InChI=1S/C17H26O3/c1-3-5-6-13-7-9-14(10-8-13)20-16-12-15(18)17(16)19-11-4-2/h7-10,15-18H,3-6,11-12H2,1-2H3. The average Bonchev–Trinajstić information content (AvgIpc) is 2.46. The average molecular weight is 278 g/mol. The molecule has 1 fully saturated rings. The van der Waals surface area contributed by atoms with Crippen molar-refractivity contribution in [3.8, 4) is 5.75 Å². The number of hydrogen-bond donors (Lipinski definition) is 1. The highest BCUT2D eigenvalue weighted by Crippen LogP contribution is 2.29. The Hall–Kier alpha value is -1.06. The van der Waals surface area contributed by atoms with Gasteiger partial charge in [0, 0.05) is 13.0 Å². The molecular weight excluding hydrogens is 252 g/mol. The van der Waals surface area contributed by atoms with E-state index in [9.17, 15) is 5.11 Å². The molecule has 1 aromatic carbocycles. The summed E-state index contributed by atoms with van der Waals surface area (Å²) in [5, 5.41) is 9.72. The van der Waals surface area contributed by atoms with Gasteiger partial charge in [-0.1, -0.05) is 32.4 Å². The van der Waals surface area contributed by atoms with Gasteiger partial charge in [0.25, 0.3) is 0 Å². The van der Waals surface area contributed by atoms with Crippen LogP contribution < -0.4 is 4.74 Å². The van der Waals surface area contributed by atoms with Crippen LogP contribution in [0.2, 0.25) is 0 Å². The quantitative estimate of drug-likeness (QED) is 0.792. The van der Waals surface area contributed by atoms with E-state index in [1.165, 1.54) is 18.4 Å². The minimum Gasteiger partial charge on any atom is -0.488 e. The largest absolute Gasteiger partial charge is 0.488 e. The van der Waals surface area contributed by atoms with Crippen molar-refractivity contribution in [3.63, 3.8) is 0 Å². The third-order valence-electron chi connectivity index (χ3n) is 3.76. The van der Waals surface area contributed by atoms with Gasteiger partial charge in [-0.3, -0.25) is 0 Å². The van der Waals surface area contributed by atoms with Crippen LogP contribution in [-0.2, 0) is 11.2 Å². The second kappa shape index (κ2) is 7.65. The maximum atomic E-state index is 9.72. The van der Waals surface area contributed by atoms with E-state index in [1.807, 2.05) is 12.1 Å². The van der Waals surface area contributed by atoms with E-state index in [0.29, 0.717) is 13.0 Å². The number of aliphatic hydroxyl groups excluding tert-OH is 1. The maximum absolute atomic E-state index is 9.72. The molecule has 0 aromatic heterocycles. The van der Waals surface area contributed by atoms with Crippen LogP contribution in [0.3, 0.4) is 0 Å². The molecule has 1 aliphatic rings. The monoisotopic (exact) mass is 278 g/mol. The van der Waals surface area contributed by atoms with Crippen LogP contribution in [0, 0.1) is 0 Å². The molecule has 20 heavy (non-hydrogen) atoms. The lowest BCUT2D eigenvalue weighted by molar-refractivity contribution is -0.162. The molecule has 0 aliphatic heterocycles. The lowest BCUT2D eigenvalue weighted by Gasteiger charge is -2.40. The van der Waals surface area contributed by atoms with Gasteiger partial charge in [-0.25, -0.2) is 0 Å². The fourth-order valence-electron chi connectivity index (χ4n) is 2.44. The van der Waals surface area contributed by atoms with Crippen molar-refractivity contribution in [1.29, 1.82) is 0 Å². The normalized spacial score (nSPS) is 25.2. The lowest BCUT2D eigenvalue weighted by atomic mass is 9.88. The van der Waals surface area contributed by atoms with Crippen molar-refractivity contribution >= 4 is 0 Å². The van der Waals surface area contributed by atoms with Crippen LogP contribution in [-0.4, -0.2) is 30.0 Å². The molecule has 3 heteroatoms. The van der Waals surface area contributed by atoms with E-state index in [4.69, 9.17) is 9.47 Å². The SMILES string of the molecule is CCCCc1ccc(OC2CC(O)C2OCCC)cc1. The Bertz CT molecular complexity index is 388. The molecule has 1 N–H and O–H groups in total. The minimum absolute atomic E-state index is 0.0157. The number of aryl methyl sites for hydroxylation is 1. The van der Waals surface area contributed by atoms with Gasteiger partial charge in [-0.2, -0.15) is 0 Å². The molecule has 3 nitrogen and oxygen atoms in total. The summed E-state index contributed by atoms with van der Waals surface area (Å²) in [6.07, 6.45) is 4.62. The second-order valence-electron chi connectivity index (χ2n) is 5.54. The van der Waals surface area contributed by atoms with Crippen molar-refractivity contribution in [2.24, 2.45) is 0 Å². The Morgan fingerprint density at radius 3 is 2.50 bits per heavy atom. The molecule has 1 aromatic rings. The van der Waals surface area contributed by atoms with Crippen LogP contribution in [0.4, 0.5) is 0 Å². The van der Waals surface area contributed by atoms with Gasteiger partial charge in [-0.05, 0) is 37.0 Å². The molecule has 1 saturated carbocycles. The minimum atomic E-state index is -0.379. The summed E-state index contributed by atoms with van der Waals surface area (Å²) in [4.78, 5) is 0. The summed E-state index contributed by atoms with van der Waals surface area (Å²) in [5.41, 5.74) is 1.35. The Morgan fingerprint density at radius 2 is 1.90 bits per heavy atom. The molecule has 112 valence electrons. The van der Waals surface area contributed by atoms with Gasteiger partial charge in [0.1, 0.15) is 18.0 Å². The number of aliphatic hydroxyl groups is 1. The zero-order valence-electron chi connectivity index (χ0n) is 12.5. The molecular formula is C17H26O3. The molecule has 0 saturated heterocycles. The molecule has 1 aliphatic carbocycles. The van der Waals surface area contributed by atoms with E-state index in [-0.39, 0.29) is 18.3 Å². The predicted octanol–water partition coefficient (Wildman–Crippen LogP) is 3.34. The van der Waals surface area contributed by atoms with Gasteiger partial charge in [0.2, 0.25) is 0 Å². The fourth-order valence-corrected chi connectivity index (χ4v) is 2.44. The van der Waals surface area contributed by atoms with Gasteiger partial charge < -0.3 is 14.6 Å². The molecule has 2 rings (SSSR count). The Balaban J connectivity index is 1.83. The number of ether oxygens (including phenoxy) is 2. The van der Waals surface area contributed by atoms with Crippen molar-refractivity contribution < 1.29 is 14.6 Å². The number of unbranched alkanes of at least 4 members (excludes halogenated alkanes) is 1. The molecule has 3 unspecified atom stereocenters. The topological polar surface area (TPSA) is 38.7 Å². The van der Waals surface area contributed by atoms with Gasteiger partial charge in [-0.15, -0.1) is 0 Å². The summed E-state index contributed by atoms with van der Waals surface area (Å²) < 4.78 is 11.5. The third-order valence-corrected chi connectivity index (χ3v) is 3.76.